The number of carbonyl (C=O) groups excluding carboxylic acids is 1. The molecule has 0 atom stereocenters. The van der Waals surface area contributed by atoms with Crippen LogP contribution in [0.1, 0.15) is 28.0 Å². The average molecular weight is 336 g/mol. The largest absolute Gasteiger partial charge is 0.490 e. The zero-order valence-electron chi connectivity index (χ0n) is 14.3. The smallest absolute Gasteiger partial charge is 0.255 e. The highest BCUT2D eigenvalue weighted by molar-refractivity contribution is 6.06. The summed E-state index contributed by atoms with van der Waals surface area (Å²) in [6.45, 7) is 5.35. The molecule has 5 heteroatoms. The number of nitrogens with one attached hydrogen (secondary N) is 2. The molecule has 0 saturated carbocycles. The van der Waals surface area contributed by atoms with E-state index in [1.807, 2.05) is 43.3 Å². The van der Waals surface area contributed by atoms with Gasteiger partial charge >= 0.3 is 0 Å². The first-order chi connectivity index (χ1) is 12.1. The van der Waals surface area contributed by atoms with Crippen LogP contribution in [0.5, 0.6) is 11.5 Å². The third-order valence-corrected chi connectivity index (χ3v) is 4.58. The minimum absolute atomic E-state index is 0.144. The second kappa shape index (κ2) is 6.16. The van der Waals surface area contributed by atoms with Crippen molar-refractivity contribution in [3.05, 3.63) is 53.2 Å². The molecular weight excluding hydrogens is 316 g/mol. The number of amides is 1. The van der Waals surface area contributed by atoms with Crippen molar-refractivity contribution in [3.8, 4) is 11.5 Å². The molecule has 0 bridgehead atoms. The zero-order chi connectivity index (χ0) is 17.4. The molecular formula is C20H20N2O3. The number of hydrogen-bond donors (Lipinski definition) is 2. The van der Waals surface area contributed by atoms with Crippen LogP contribution in [0.15, 0.2) is 36.4 Å². The fourth-order valence-electron chi connectivity index (χ4n) is 3.05. The molecule has 1 amide bonds. The third-order valence-electron chi connectivity index (χ3n) is 4.58. The lowest BCUT2D eigenvalue weighted by molar-refractivity contribution is 0.102. The number of benzene rings is 2. The predicted molar refractivity (Wildman–Crippen MR) is 97.8 cm³/mol. The van der Waals surface area contributed by atoms with Gasteiger partial charge in [0.1, 0.15) is 0 Å². The number of ether oxygens (including phenoxy) is 2. The number of rotatable bonds is 2. The number of aryl methyl sites for hydroxylation is 2. The summed E-state index contributed by atoms with van der Waals surface area (Å²) in [4.78, 5) is 15.9. The Hall–Kier alpha value is -2.95. The van der Waals surface area contributed by atoms with Crippen LogP contribution in [0.2, 0.25) is 0 Å². The van der Waals surface area contributed by atoms with E-state index in [1.54, 1.807) is 0 Å². The van der Waals surface area contributed by atoms with E-state index in [0.717, 1.165) is 28.8 Å². The van der Waals surface area contributed by atoms with E-state index < -0.39 is 0 Å². The molecule has 0 fully saturated rings. The van der Waals surface area contributed by atoms with E-state index >= 15 is 0 Å². The number of anilines is 1. The SMILES string of the molecule is Cc1[nH]c2ccc(C(=O)Nc3ccc4c(c3)OCCCO4)cc2c1C. The minimum atomic E-state index is -0.144. The average Bonchev–Trinajstić information content (AvgIpc) is 2.78. The first kappa shape index (κ1) is 15.6. The van der Waals surface area contributed by atoms with Crippen LogP contribution in [0.25, 0.3) is 10.9 Å². The number of H-pyrrole nitrogens is 1. The third kappa shape index (κ3) is 2.93. The van der Waals surface area contributed by atoms with Crippen molar-refractivity contribution in [2.75, 3.05) is 18.5 Å². The van der Waals surface area contributed by atoms with Gasteiger partial charge in [0.25, 0.3) is 5.91 Å². The Morgan fingerprint density at radius 3 is 2.68 bits per heavy atom. The summed E-state index contributed by atoms with van der Waals surface area (Å²) in [7, 11) is 0. The quantitative estimate of drug-likeness (QED) is 0.737. The van der Waals surface area contributed by atoms with Crippen LogP contribution in [0, 0.1) is 13.8 Å². The van der Waals surface area contributed by atoms with Crippen LogP contribution in [-0.2, 0) is 0 Å². The lowest BCUT2D eigenvalue weighted by Gasteiger charge is -2.10. The van der Waals surface area contributed by atoms with Gasteiger partial charge in [-0.15, -0.1) is 0 Å². The van der Waals surface area contributed by atoms with Gasteiger partial charge in [-0.05, 0) is 49.7 Å². The molecule has 2 aromatic carbocycles. The molecule has 2 heterocycles. The first-order valence-electron chi connectivity index (χ1n) is 8.42. The predicted octanol–water partition coefficient (Wildman–Crippen LogP) is 4.20. The van der Waals surface area contributed by atoms with E-state index in [-0.39, 0.29) is 5.91 Å². The summed E-state index contributed by atoms with van der Waals surface area (Å²) in [5.74, 6) is 1.24. The topological polar surface area (TPSA) is 63.4 Å². The molecule has 0 spiro atoms. The summed E-state index contributed by atoms with van der Waals surface area (Å²) in [6, 6.07) is 11.2. The summed E-state index contributed by atoms with van der Waals surface area (Å²) in [6.07, 6.45) is 0.853. The second-order valence-electron chi connectivity index (χ2n) is 6.30. The van der Waals surface area contributed by atoms with Crippen molar-refractivity contribution in [1.29, 1.82) is 0 Å². The Bertz CT molecular complexity index is 959. The van der Waals surface area contributed by atoms with Crippen molar-refractivity contribution in [1.82, 2.24) is 4.98 Å². The van der Waals surface area contributed by atoms with Gasteiger partial charge in [-0.25, -0.2) is 0 Å². The summed E-state index contributed by atoms with van der Waals surface area (Å²) in [5, 5.41) is 4.01. The van der Waals surface area contributed by atoms with Crippen LogP contribution < -0.4 is 14.8 Å². The van der Waals surface area contributed by atoms with Gasteiger partial charge in [-0.3, -0.25) is 4.79 Å². The molecule has 128 valence electrons. The molecule has 0 aliphatic carbocycles. The number of aromatic amines is 1. The molecule has 0 radical (unpaired) electrons. The summed E-state index contributed by atoms with van der Waals surface area (Å²) in [5.41, 5.74) is 4.65. The molecule has 4 rings (SSSR count). The van der Waals surface area contributed by atoms with E-state index in [9.17, 15) is 4.79 Å². The Morgan fingerprint density at radius 2 is 1.84 bits per heavy atom. The highest BCUT2D eigenvalue weighted by Crippen LogP contribution is 2.32. The molecule has 25 heavy (non-hydrogen) atoms. The Morgan fingerprint density at radius 1 is 1.04 bits per heavy atom. The summed E-state index contributed by atoms with van der Waals surface area (Å²) < 4.78 is 11.3. The standard InChI is InChI=1S/C20H20N2O3/c1-12-13(2)21-17-6-4-14(10-16(12)17)20(23)22-15-5-7-18-19(11-15)25-9-3-8-24-18/h4-7,10-11,21H,3,8-9H2,1-2H3,(H,22,23). The van der Waals surface area contributed by atoms with Gasteiger partial charge < -0.3 is 19.8 Å². The van der Waals surface area contributed by atoms with Crippen molar-refractivity contribution in [2.24, 2.45) is 0 Å². The number of hydrogen-bond acceptors (Lipinski definition) is 3. The minimum Gasteiger partial charge on any atom is -0.490 e. The van der Waals surface area contributed by atoms with Gasteiger partial charge in [-0.1, -0.05) is 0 Å². The maximum Gasteiger partial charge on any atom is 0.255 e. The number of carbonyl (C=O) groups is 1. The monoisotopic (exact) mass is 336 g/mol. The molecule has 1 aromatic heterocycles. The maximum absolute atomic E-state index is 12.6. The zero-order valence-corrected chi connectivity index (χ0v) is 14.3. The molecule has 3 aromatic rings. The van der Waals surface area contributed by atoms with Crippen molar-refractivity contribution in [3.63, 3.8) is 0 Å². The molecule has 1 aliphatic rings. The summed E-state index contributed by atoms with van der Waals surface area (Å²) >= 11 is 0. The molecule has 0 unspecified atom stereocenters. The fourth-order valence-corrected chi connectivity index (χ4v) is 3.05. The van der Waals surface area contributed by atoms with Crippen LogP contribution in [0.3, 0.4) is 0 Å². The highest BCUT2D eigenvalue weighted by Gasteiger charge is 2.14. The van der Waals surface area contributed by atoms with Gasteiger partial charge in [0.05, 0.1) is 13.2 Å². The normalized spacial score (nSPS) is 13.5. The molecule has 1 aliphatic heterocycles. The van der Waals surface area contributed by atoms with Gasteiger partial charge in [0, 0.05) is 40.3 Å². The van der Waals surface area contributed by atoms with Crippen LogP contribution in [0.4, 0.5) is 5.69 Å². The van der Waals surface area contributed by atoms with E-state index in [2.05, 4.69) is 17.2 Å². The Kier molecular flexibility index (Phi) is 3.84. The van der Waals surface area contributed by atoms with Crippen molar-refractivity contribution < 1.29 is 14.3 Å². The Balaban J connectivity index is 1.59. The fraction of sp³-hybridized carbons (Fsp3) is 0.250. The van der Waals surface area contributed by atoms with E-state index in [1.165, 1.54) is 5.56 Å². The van der Waals surface area contributed by atoms with E-state index in [0.29, 0.717) is 30.2 Å². The second-order valence-corrected chi connectivity index (χ2v) is 6.30. The van der Waals surface area contributed by atoms with Gasteiger partial charge in [-0.2, -0.15) is 0 Å². The highest BCUT2D eigenvalue weighted by atomic mass is 16.5. The number of aromatic nitrogens is 1. The van der Waals surface area contributed by atoms with Gasteiger partial charge in [0.15, 0.2) is 11.5 Å². The van der Waals surface area contributed by atoms with Gasteiger partial charge in [0.2, 0.25) is 0 Å². The van der Waals surface area contributed by atoms with Crippen molar-refractivity contribution >= 4 is 22.5 Å². The van der Waals surface area contributed by atoms with E-state index in [4.69, 9.17) is 9.47 Å². The molecule has 0 saturated heterocycles. The van der Waals surface area contributed by atoms with Crippen LogP contribution in [-0.4, -0.2) is 24.1 Å². The first-order valence-corrected chi connectivity index (χ1v) is 8.42. The lowest BCUT2D eigenvalue weighted by Crippen LogP contribution is -2.11. The van der Waals surface area contributed by atoms with Crippen molar-refractivity contribution in [2.45, 2.75) is 20.3 Å². The number of fused-ring (bicyclic) bond motifs is 2. The Labute approximate surface area is 146 Å². The molecule has 5 nitrogen and oxygen atoms in total. The molecule has 2 N–H and O–H groups in total. The van der Waals surface area contributed by atoms with Crippen LogP contribution >= 0.6 is 0 Å². The maximum atomic E-state index is 12.6. The lowest BCUT2D eigenvalue weighted by atomic mass is 10.1.